The van der Waals surface area contributed by atoms with Gasteiger partial charge in [-0.2, -0.15) is 0 Å². The second-order valence-electron chi connectivity index (χ2n) is 5.24. The zero-order chi connectivity index (χ0) is 15.1. The predicted octanol–water partition coefficient (Wildman–Crippen LogP) is 3.49. The molecule has 0 amide bonds. The third-order valence-electron chi connectivity index (χ3n) is 3.96. The molecule has 0 unspecified atom stereocenters. The first kappa shape index (κ1) is 13.1. The van der Waals surface area contributed by atoms with Crippen LogP contribution in [0.25, 0.3) is 32.3 Å². The number of fused-ring (bicyclic) bond motifs is 6. The fraction of sp³-hybridized carbons (Fsp3) is 0. The van der Waals surface area contributed by atoms with Crippen molar-refractivity contribution in [2.75, 3.05) is 0 Å². The van der Waals surface area contributed by atoms with Gasteiger partial charge < -0.3 is 14.7 Å². The van der Waals surface area contributed by atoms with Crippen molar-refractivity contribution in [1.29, 1.82) is 0 Å². The van der Waals surface area contributed by atoms with Crippen molar-refractivity contribution in [3.05, 3.63) is 66.7 Å². The Hall–Kier alpha value is -2.56. The third kappa shape index (κ3) is 2.01. The fourth-order valence-electron chi connectivity index (χ4n) is 3.08. The minimum Gasteiger partial charge on any atom is -0.512 e. The smallest absolute Gasteiger partial charge is 0.512 e. The Morgan fingerprint density at radius 2 is 1.05 bits per heavy atom. The second kappa shape index (κ2) is 5.02. The van der Waals surface area contributed by atoms with Gasteiger partial charge >= 0.3 is 7.32 Å². The second-order valence-corrected chi connectivity index (χ2v) is 5.24. The zero-order valence-electron chi connectivity index (χ0n) is 11.7. The van der Waals surface area contributed by atoms with E-state index in [4.69, 9.17) is 14.7 Å². The molecule has 4 rings (SSSR count). The average Bonchev–Trinajstić information content (AvgIpc) is 2.54. The monoisotopic (exact) mass is 288 g/mol. The van der Waals surface area contributed by atoms with Crippen LogP contribution in [0.2, 0.25) is 0 Å². The average molecular weight is 288 g/mol. The number of hydrogen-bond donors (Lipinski definition) is 2. The Kier molecular flexibility index (Phi) is 3.00. The van der Waals surface area contributed by atoms with Crippen LogP contribution in [0.1, 0.15) is 0 Å². The summed E-state index contributed by atoms with van der Waals surface area (Å²) in [5.41, 5.74) is 0. The molecule has 0 heterocycles. The molecule has 4 aromatic rings. The number of hydrogen-bond acceptors (Lipinski definition) is 3. The molecular weight excluding hydrogens is 275 g/mol. The number of benzene rings is 4. The first-order chi connectivity index (χ1) is 10.7. The van der Waals surface area contributed by atoms with Crippen molar-refractivity contribution in [1.82, 2.24) is 0 Å². The van der Waals surface area contributed by atoms with Crippen LogP contribution in [0.3, 0.4) is 0 Å². The van der Waals surface area contributed by atoms with E-state index in [0.717, 1.165) is 16.2 Å². The molecule has 0 fully saturated rings. The van der Waals surface area contributed by atoms with Gasteiger partial charge in [0.1, 0.15) is 5.75 Å². The van der Waals surface area contributed by atoms with Crippen LogP contribution < -0.4 is 4.65 Å². The molecule has 0 saturated carbocycles. The highest BCUT2D eigenvalue weighted by molar-refractivity contribution is 6.34. The minimum atomic E-state index is -1.82. The summed E-state index contributed by atoms with van der Waals surface area (Å²) in [6.07, 6.45) is 0. The van der Waals surface area contributed by atoms with E-state index in [-0.39, 0.29) is 0 Å². The molecule has 0 aliphatic heterocycles. The summed E-state index contributed by atoms with van der Waals surface area (Å²) in [7, 11) is -1.82. The van der Waals surface area contributed by atoms with Gasteiger partial charge in [-0.05, 0) is 44.5 Å². The maximum absolute atomic E-state index is 9.00. The van der Waals surface area contributed by atoms with Gasteiger partial charge in [-0.3, -0.25) is 0 Å². The van der Waals surface area contributed by atoms with Gasteiger partial charge in [-0.25, -0.2) is 0 Å². The Balaban J connectivity index is 2.17. The van der Waals surface area contributed by atoms with Gasteiger partial charge in [0.25, 0.3) is 0 Å². The fourth-order valence-corrected chi connectivity index (χ4v) is 3.08. The van der Waals surface area contributed by atoms with E-state index in [9.17, 15) is 0 Å². The van der Waals surface area contributed by atoms with Crippen LogP contribution >= 0.6 is 0 Å². The Morgan fingerprint density at radius 1 is 0.591 bits per heavy atom. The van der Waals surface area contributed by atoms with E-state index < -0.39 is 7.32 Å². The molecule has 0 bridgehead atoms. The first-order valence-electron chi connectivity index (χ1n) is 7.10. The molecule has 0 aliphatic carbocycles. The Bertz CT molecular complexity index is 960. The van der Waals surface area contributed by atoms with Crippen molar-refractivity contribution in [2.24, 2.45) is 0 Å². The molecule has 0 atom stereocenters. The van der Waals surface area contributed by atoms with Crippen LogP contribution in [0.15, 0.2) is 66.7 Å². The van der Waals surface area contributed by atoms with Gasteiger partial charge in [0, 0.05) is 0 Å². The highest BCUT2D eigenvalue weighted by atomic mass is 16.6. The van der Waals surface area contributed by atoms with Gasteiger partial charge in [-0.1, -0.05) is 54.6 Å². The predicted molar refractivity (Wildman–Crippen MR) is 89.8 cm³/mol. The van der Waals surface area contributed by atoms with E-state index in [1.165, 1.54) is 16.2 Å². The van der Waals surface area contributed by atoms with Crippen LogP contribution in [-0.2, 0) is 0 Å². The lowest BCUT2D eigenvalue weighted by Crippen LogP contribution is -2.20. The molecule has 0 saturated heterocycles. The molecule has 0 radical (unpaired) electrons. The molecule has 4 aromatic carbocycles. The van der Waals surface area contributed by atoms with E-state index >= 15 is 0 Å². The summed E-state index contributed by atoms with van der Waals surface area (Å²) < 4.78 is 4.99. The third-order valence-corrected chi connectivity index (χ3v) is 3.96. The summed E-state index contributed by atoms with van der Waals surface area (Å²) >= 11 is 0. The van der Waals surface area contributed by atoms with E-state index in [0.29, 0.717) is 5.75 Å². The van der Waals surface area contributed by atoms with Gasteiger partial charge in [0.05, 0.1) is 0 Å². The summed E-state index contributed by atoms with van der Waals surface area (Å²) in [6.45, 7) is 0. The summed E-state index contributed by atoms with van der Waals surface area (Å²) in [5.74, 6) is 0.433. The minimum absolute atomic E-state index is 0.433. The SMILES string of the molecule is OB(O)Oc1ccc2c3ccccc3c3ccccc3c2c1. The largest absolute Gasteiger partial charge is 0.707 e. The van der Waals surface area contributed by atoms with Gasteiger partial charge in [0.15, 0.2) is 0 Å². The lowest BCUT2D eigenvalue weighted by Gasteiger charge is -2.12. The van der Waals surface area contributed by atoms with Gasteiger partial charge in [0.2, 0.25) is 0 Å². The van der Waals surface area contributed by atoms with Crippen LogP contribution in [-0.4, -0.2) is 17.4 Å². The van der Waals surface area contributed by atoms with Crippen molar-refractivity contribution in [3.63, 3.8) is 0 Å². The maximum Gasteiger partial charge on any atom is 0.707 e. The molecule has 22 heavy (non-hydrogen) atoms. The summed E-state index contributed by atoms with van der Waals surface area (Å²) in [4.78, 5) is 0. The maximum atomic E-state index is 9.00. The topological polar surface area (TPSA) is 49.7 Å². The molecule has 0 aliphatic rings. The quantitative estimate of drug-likeness (QED) is 0.438. The van der Waals surface area contributed by atoms with Crippen molar-refractivity contribution in [2.45, 2.75) is 0 Å². The normalized spacial score (nSPS) is 11.2. The molecule has 0 aromatic heterocycles. The highest BCUT2D eigenvalue weighted by Gasteiger charge is 2.13. The standard InChI is InChI=1S/C18H13BO3/c20-19(21)22-12-9-10-17-15-7-2-1-5-13(15)14-6-3-4-8-16(14)18(17)11-12/h1-11,20-21H. The van der Waals surface area contributed by atoms with Gasteiger partial charge in [-0.15, -0.1) is 0 Å². The lowest BCUT2D eigenvalue weighted by molar-refractivity contribution is 0.288. The summed E-state index contributed by atoms with van der Waals surface area (Å²) in [5, 5.41) is 24.8. The Labute approximate surface area is 127 Å². The zero-order valence-corrected chi connectivity index (χ0v) is 11.7. The molecular formula is C18H13BO3. The van der Waals surface area contributed by atoms with E-state index in [1.807, 2.05) is 36.4 Å². The van der Waals surface area contributed by atoms with Crippen LogP contribution in [0, 0.1) is 0 Å². The molecule has 4 heteroatoms. The molecule has 0 spiro atoms. The lowest BCUT2D eigenvalue weighted by atomic mass is 9.94. The highest BCUT2D eigenvalue weighted by Crippen LogP contribution is 2.36. The van der Waals surface area contributed by atoms with E-state index in [1.54, 1.807) is 6.07 Å². The molecule has 2 N–H and O–H groups in total. The van der Waals surface area contributed by atoms with Crippen molar-refractivity contribution in [3.8, 4) is 5.75 Å². The van der Waals surface area contributed by atoms with E-state index in [2.05, 4.69) is 24.3 Å². The Morgan fingerprint density at radius 3 is 1.55 bits per heavy atom. The first-order valence-corrected chi connectivity index (χ1v) is 7.10. The van der Waals surface area contributed by atoms with Crippen molar-refractivity contribution < 1.29 is 14.7 Å². The van der Waals surface area contributed by atoms with Crippen molar-refractivity contribution >= 4 is 39.6 Å². The molecule has 106 valence electrons. The summed E-state index contributed by atoms with van der Waals surface area (Å²) in [6, 6.07) is 22.1. The molecule has 3 nitrogen and oxygen atoms in total. The van der Waals surface area contributed by atoms with Crippen LogP contribution in [0.5, 0.6) is 5.75 Å². The number of rotatable bonds is 2. The van der Waals surface area contributed by atoms with Crippen LogP contribution in [0.4, 0.5) is 0 Å².